The maximum atomic E-state index is 12.4. The van der Waals surface area contributed by atoms with E-state index >= 15 is 0 Å². The molecule has 4 nitrogen and oxygen atoms in total. The molecule has 2 heterocycles. The normalized spacial score (nSPS) is 26.6. The molecule has 0 unspecified atom stereocenters. The zero-order chi connectivity index (χ0) is 20.1. The van der Waals surface area contributed by atoms with Crippen LogP contribution in [0, 0.1) is 5.41 Å². The zero-order valence-electron chi connectivity index (χ0n) is 18.3. The van der Waals surface area contributed by atoms with E-state index in [4.69, 9.17) is 0 Å². The van der Waals surface area contributed by atoms with E-state index in [1.54, 1.807) is 0 Å². The summed E-state index contributed by atoms with van der Waals surface area (Å²) in [6.45, 7) is 14.8. The van der Waals surface area contributed by atoms with E-state index in [1.165, 1.54) is 12.0 Å². The molecule has 0 spiro atoms. The SMILES string of the molecule is CCN(CC)CC(C)(C)CN1C[C@@H](c2ccccc2)[C@@H]2NC(=O)CCCC[C@H]21. The fourth-order valence-electron chi connectivity index (χ4n) is 5.30. The van der Waals surface area contributed by atoms with Gasteiger partial charge in [0.25, 0.3) is 0 Å². The molecular weight excluding hydrogens is 346 g/mol. The first-order chi connectivity index (χ1) is 13.4. The molecule has 1 N–H and O–H groups in total. The molecule has 156 valence electrons. The number of amides is 1. The number of hydrogen-bond donors (Lipinski definition) is 1. The highest BCUT2D eigenvalue weighted by Gasteiger charge is 2.44. The van der Waals surface area contributed by atoms with E-state index in [0.29, 0.717) is 18.4 Å². The lowest BCUT2D eigenvalue weighted by Gasteiger charge is -2.38. The number of hydrogen-bond acceptors (Lipinski definition) is 3. The summed E-state index contributed by atoms with van der Waals surface area (Å²) in [5.74, 6) is 0.623. The molecule has 4 heteroatoms. The first kappa shape index (κ1) is 21.3. The predicted octanol–water partition coefficient (Wildman–Crippen LogP) is 3.88. The molecule has 28 heavy (non-hydrogen) atoms. The summed E-state index contributed by atoms with van der Waals surface area (Å²) in [6.07, 6.45) is 4.04. The van der Waals surface area contributed by atoms with Gasteiger partial charge >= 0.3 is 0 Å². The molecule has 1 aromatic rings. The fourth-order valence-corrected chi connectivity index (χ4v) is 5.30. The topological polar surface area (TPSA) is 35.6 Å². The second-order valence-corrected chi connectivity index (χ2v) is 9.48. The number of likely N-dealkylation sites (tertiary alicyclic amines) is 1. The lowest BCUT2D eigenvalue weighted by molar-refractivity contribution is -0.122. The molecule has 0 aliphatic carbocycles. The van der Waals surface area contributed by atoms with Crippen molar-refractivity contribution in [2.45, 2.75) is 71.4 Å². The maximum Gasteiger partial charge on any atom is 0.220 e. The van der Waals surface area contributed by atoms with E-state index in [9.17, 15) is 4.79 Å². The van der Waals surface area contributed by atoms with Crippen LogP contribution in [0.1, 0.15) is 64.9 Å². The monoisotopic (exact) mass is 385 g/mol. The first-order valence-electron chi connectivity index (χ1n) is 11.2. The number of benzene rings is 1. The van der Waals surface area contributed by atoms with Gasteiger partial charge in [-0.1, -0.05) is 64.4 Å². The standard InChI is InChI=1S/C24H39N3O/c1-5-26(6-2)17-24(3,4)18-27-16-20(19-12-8-7-9-13-19)23-21(27)14-10-11-15-22(28)25-23/h7-9,12-13,20-21,23H,5-6,10-11,14-18H2,1-4H3,(H,25,28)/t20-,21+,23-/m0/s1. The number of nitrogens with zero attached hydrogens (tertiary/aromatic N) is 2. The van der Waals surface area contributed by atoms with Crippen LogP contribution < -0.4 is 5.32 Å². The number of carbonyl (C=O) groups excluding carboxylic acids is 1. The lowest BCUT2D eigenvalue weighted by atomic mass is 9.88. The largest absolute Gasteiger partial charge is 0.351 e. The van der Waals surface area contributed by atoms with Gasteiger partial charge in [-0.25, -0.2) is 0 Å². The van der Waals surface area contributed by atoms with E-state index in [-0.39, 0.29) is 17.4 Å². The van der Waals surface area contributed by atoms with Crippen LogP contribution in [0.25, 0.3) is 0 Å². The summed E-state index contributed by atoms with van der Waals surface area (Å²) in [4.78, 5) is 17.7. The minimum Gasteiger partial charge on any atom is -0.351 e. The molecule has 1 amide bonds. The third kappa shape index (κ3) is 5.15. The van der Waals surface area contributed by atoms with Gasteiger partial charge in [0.1, 0.15) is 0 Å². The van der Waals surface area contributed by atoms with Gasteiger partial charge in [0.05, 0.1) is 6.04 Å². The van der Waals surface area contributed by atoms with E-state index < -0.39 is 0 Å². The third-order valence-corrected chi connectivity index (χ3v) is 6.63. The Morgan fingerprint density at radius 2 is 1.86 bits per heavy atom. The quantitative estimate of drug-likeness (QED) is 0.774. The summed E-state index contributed by atoms with van der Waals surface area (Å²) < 4.78 is 0. The van der Waals surface area contributed by atoms with Crippen molar-refractivity contribution < 1.29 is 4.79 Å². The van der Waals surface area contributed by atoms with E-state index in [1.807, 2.05) is 0 Å². The van der Waals surface area contributed by atoms with Crippen molar-refractivity contribution in [3.05, 3.63) is 35.9 Å². The smallest absolute Gasteiger partial charge is 0.220 e. The first-order valence-corrected chi connectivity index (χ1v) is 11.2. The van der Waals surface area contributed by atoms with Crippen LogP contribution in [0.4, 0.5) is 0 Å². The van der Waals surface area contributed by atoms with Gasteiger partial charge in [-0.15, -0.1) is 0 Å². The summed E-state index contributed by atoms with van der Waals surface area (Å²) in [7, 11) is 0. The molecule has 2 aliphatic rings. The minimum absolute atomic E-state index is 0.231. The van der Waals surface area contributed by atoms with Crippen molar-refractivity contribution in [1.29, 1.82) is 0 Å². The Labute approximate surface area is 171 Å². The molecule has 2 fully saturated rings. The van der Waals surface area contributed by atoms with Crippen molar-refractivity contribution in [3.8, 4) is 0 Å². The van der Waals surface area contributed by atoms with Gasteiger partial charge in [0.2, 0.25) is 5.91 Å². The summed E-state index contributed by atoms with van der Waals surface area (Å²) >= 11 is 0. The summed E-state index contributed by atoms with van der Waals surface area (Å²) in [5.41, 5.74) is 1.59. The molecule has 3 atom stereocenters. The van der Waals surface area contributed by atoms with Gasteiger partial charge in [-0.3, -0.25) is 9.69 Å². The van der Waals surface area contributed by atoms with Crippen molar-refractivity contribution >= 4 is 5.91 Å². The minimum atomic E-state index is 0.231. The van der Waals surface area contributed by atoms with Crippen molar-refractivity contribution in [2.24, 2.45) is 5.41 Å². The number of fused-ring (bicyclic) bond motifs is 1. The highest BCUT2D eigenvalue weighted by molar-refractivity contribution is 5.76. The third-order valence-electron chi connectivity index (χ3n) is 6.63. The molecule has 1 aromatic carbocycles. The molecule has 0 saturated carbocycles. The Balaban J connectivity index is 1.81. The van der Waals surface area contributed by atoms with Crippen LogP contribution in [-0.2, 0) is 4.79 Å². The second kappa shape index (κ2) is 9.41. The van der Waals surface area contributed by atoms with E-state index in [0.717, 1.165) is 45.6 Å². The lowest BCUT2D eigenvalue weighted by Crippen LogP contribution is -2.50. The van der Waals surface area contributed by atoms with Crippen LogP contribution in [0.2, 0.25) is 0 Å². The van der Waals surface area contributed by atoms with Crippen molar-refractivity contribution in [2.75, 3.05) is 32.7 Å². The van der Waals surface area contributed by atoms with Crippen molar-refractivity contribution in [1.82, 2.24) is 15.1 Å². The van der Waals surface area contributed by atoms with Crippen LogP contribution in [-0.4, -0.2) is 60.5 Å². The molecule has 2 saturated heterocycles. The Morgan fingerprint density at radius 3 is 2.54 bits per heavy atom. The summed E-state index contributed by atoms with van der Waals surface area (Å²) in [6, 6.07) is 11.5. The van der Waals surface area contributed by atoms with Crippen molar-refractivity contribution in [3.63, 3.8) is 0 Å². The highest BCUT2D eigenvalue weighted by atomic mass is 16.1. The fraction of sp³-hybridized carbons (Fsp3) is 0.708. The molecule has 2 aliphatic heterocycles. The number of carbonyl (C=O) groups is 1. The maximum absolute atomic E-state index is 12.4. The zero-order valence-corrected chi connectivity index (χ0v) is 18.3. The van der Waals surface area contributed by atoms with E-state index in [2.05, 4.69) is 73.1 Å². The van der Waals surface area contributed by atoms with Gasteiger partial charge in [0.15, 0.2) is 0 Å². The predicted molar refractivity (Wildman–Crippen MR) is 117 cm³/mol. The average Bonchev–Trinajstić information content (AvgIpc) is 2.97. The summed E-state index contributed by atoms with van der Waals surface area (Å²) in [5, 5.41) is 3.42. The molecule has 0 bridgehead atoms. The average molecular weight is 386 g/mol. The van der Waals surface area contributed by atoms with Gasteiger partial charge in [-0.05, 0) is 36.9 Å². The number of rotatable bonds is 7. The molecule has 3 rings (SSSR count). The van der Waals surface area contributed by atoms with Crippen LogP contribution in [0.5, 0.6) is 0 Å². The van der Waals surface area contributed by atoms with Gasteiger partial charge in [-0.2, -0.15) is 0 Å². The second-order valence-electron chi connectivity index (χ2n) is 9.48. The molecular formula is C24H39N3O. The van der Waals surface area contributed by atoms with Crippen LogP contribution >= 0.6 is 0 Å². The Hall–Kier alpha value is -1.39. The number of nitrogens with one attached hydrogen (secondary N) is 1. The molecule has 0 radical (unpaired) electrons. The highest BCUT2D eigenvalue weighted by Crippen LogP contribution is 2.37. The van der Waals surface area contributed by atoms with Gasteiger partial charge in [0, 0.05) is 38.0 Å². The Kier molecular flexibility index (Phi) is 7.16. The Morgan fingerprint density at radius 1 is 1.14 bits per heavy atom. The molecule has 0 aromatic heterocycles. The van der Waals surface area contributed by atoms with Gasteiger partial charge < -0.3 is 10.2 Å². The van der Waals surface area contributed by atoms with Crippen LogP contribution in [0.3, 0.4) is 0 Å². The van der Waals surface area contributed by atoms with Crippen LogP contribution in [0.15, 0.2) is 30.3 Å². The Bertz CT molecular complexity index is 626.